The van der Waals surface area contributed by atoms with E-state index in [1.807, 2.05) is 0 Å². The molecule has 2 saturated carbocycles. The quantitative estimate of drug-likeness (QED) is 0.639. The van der Waals surface area contributed by atoms with Gasteiger partial charge in [-0.1, -0.05) is 38.5 Å². The molecule has 142 valence electrons. The number of amides is 1. The highest BCUT2D eigenvalue weighted by molar-refractivity contribution is 5.91. The van der Waals surface area contributed by atoms with Crippen molar-refractivity contribution in [1.29, 1.82) is 0 Å². The molecule has 26 heavy (non-hydrogen) atoms. The fraction of sp³-hybridized carbons (Fsp3) is 0.619. The zero-order chi connectivity index (χ0) is 18.4. The van der Waals surface area contributed by atoms with Crippen LogP contribution in [0.3, 0.4) is 0 Å². The summed E-state index contributed by atoms with van der Waals surface area (Å²) in [7, 11) is 0. The van der Waals surface area contributed by atoms with E-state index >= 15 is 0 Å². The van der Waals surface area contributed by atoms with Crippen molar-refractivity contribution in [2.24, 2.45) is 0 Å². The first-order valence-electron chi connectivity index (χ1n) is 9.99. The van der Waals surface area contributed by atoms with E-state index < -0.39 is 5.97 Å². The molecular formula is C21H30N2O3. The maximum absolute atomic E-state index is 13.0. The number of esters is 1. The molecule has 2 aliphatic rings. The van der Waals surface area contributed by atoms with Gasteiger partial charge in [0.25, 0.3) is 5.91 Å². The number of hydrogen-bond donors (Lipinski definition) is 1. The largest absolute Gasteiger partial charge is 0.452 e. The number of hydrogen-bond acceptors (Lipinski definition) is 4. The Morgan fingerprint density at radius 2 is 1.38 bits per heavy atom. The van der Waals surface area contributed by atoms with Crippen LogP contribution < -0.4 is 5.73 Å². The predicted molar refractivity (Wildman–Crippen MR) is 102 cm³/mol. The summed E-state index contributed by atoms with van der Waals surface area (Å²) in [5.74, 6) is -0.502. The standard InChI is InChI=1S/C21H30N2O3/c22-17-13-11-16(12-14-17)21(25)26-15-20(24)23(18-7-3-1-4-8-18)19-9-5-2-6-10-19/h11-14,18-19H,1-10,15,22H2. The highest BCUT2D eigenvalue weighted by Crippen LogP contribution is 2.30. The summed E-state index contributed by atoms with van der Waals surface area (Å²) in [5.41, 5.74) is 6.66. The van der Waals surface area contributed by atoms with Gasteiger partial charge in [-0.25, -0.2) is 4.79 Å². The molecule has 5 nitrogen and oxygen atoms in total. The molecular weight excluding hydrogens is 328 g/mol. The topological polar surface area (TPSA) is 72.6 Å². The van der Waals surface area contributed by atoms with Crippen molar-refractivity contribution in [3.8, 4) is 0 Å². The number of ether oxygens (including phenoxy) is 1. The molecule has 2 N–H and O–H groups in total. The number of rotatable bonds is 5. The van der Waals surface area contributed by atoms with Crippen LogP contribution in [0.15, 0.2) is 24.3 Å². The highest BCUT2D eigenvalue weighted by atomic mass is 16.5. The second kappa shape index (κ2) is 9.06. The lowest BCUT2D eigenvalue weighted by Crippen LogP contribution is -2.50. The second-order valence-corrected chi connectivity index (χ2v) is 7.58. The summed E-state index contributed by atoms with van der Waals surface area (Å²) in [5, 5.41) is 0. The summed E-state index contributed by atoms with van der Waals surface area (Å²) in [4.78, 5) is 27.2. The SMILES string of the molecule is Nc1ccc(C(=O)OCC(=O)N(C2CCCCC2)C2CCCCC2)cc1. The van der Waals surface area contributed by atoms with Gasteiger partial charge in [-0.2, -0.15) is 0 Å². The van der Waals surface area contributed by atoms with E-state index in [1.165, 1.54) is 38.5 Å². The molecule has 0 saturated heterocycles. The maximum atomic E-state index is 13.0. The van der Waals surface area contributed by atoms with Crippen LogP contribution in [0.5, 0.6) is 0 Å². The smallest absolute Gasteiger partial charge is 0.338 e. The average Bonchev–Trinajstić information content (AvgIpc) is 2.68. The molecule has 1 aromatic carbocycles. The van der Waals surface area contributed by atoms with E-state index in [9.17, 15) is 9.59 Å². The second-order valence-electron chi connectivity index (χ2n) is 7.58. The molecule has 3 rings (SSSR count). The number of carbonyl (C=O) groups excluding carboxylic acids is 2. The minimum absolute atomic E-state index is 0.0346. The Kier molecular flexibility index (Phi) is 6.53. The van der Waals surface area contributed by atoms with Crippen molar-refractivity contribution >= 4 is 17.6 Å². The van der Waals surface area contributed by atoms with E-state index in [-0.39, 0.29) is 12.5 Å². The van der Waals surface area contributed by atoms with Crippen LogP contribution in [-0.4, -0.2) is 35.5 Å². The van der Waals surface area contributed by atoms with Crippen molar-refractivity contribution in [3.05, 3.63) is 29.8 Å². The summed E-state index contributed by atoms with van der Waals surface area (Å²) < 4.78 is 5.32. The molecule has 2 fully saturated rings. The number of nitrogens with zero attached hydrogens (tertiary/aromatic N) is 1. The number of benzene rings is 1. The molecule has 0 spiro atoms. The Labute approximate surface area is 155 Å². The third-order valence-electron chi connectivity index (χ3n) is 5.70. The van der Waals surface area contributed by atoms with Gasteiger partial charge in [0.15, 0.2) is 6.61 Å². The van der Waals surface area contributed by atoms with Crippen LogP contribution in [0.25, 0.3) is 0 Å². The van der Waals surface area contributed by atoms with Crippen LogP contribution in [-0.2, 0) is 9.53 Å². The van der Waals surface area contributed by atoms with Crippen LogP contribution in [0.4, 0.5) is 5.69 Å². The highest BCUT2D eigenvalue weighted by Gasteiger charge is 2.32. The van der Waals surface area contributed by atoms with Gasteiger partial charge in [-0.3, -0.25) is 4.79 Å². The summed E-state index contributed by atoms with van der Waals surface area (Å²) in [6.45, 7) is -0.170. The van der Waals surface area contributed by atoms with Gasteiger partial charge in [0, 0.05) is 17.8 Å². The first-order chi connectivity index (χ1) is 12.6. The average molecular weight is 358 g/mol. The number of carbonyl (C=O) groups is 2. The van der Waals surface area contributed by atoms with Crippen molar-refractivity contribution in [3.63, 3.8) is 0 Å². The lowest BCUT2D eigenvalue weighted by atomic mass is 9.88. The van der Waals surface area contributed by atoms with Crippen LogP contribution >= 0.6 is 0 Å². The van der Waals surface area contributed by atoms with E-state index in [0.717, 1.165) is 25.7 Å². The number of anilines is 1. The third kappa shape index (κ3) is 4.77. The minimum Gasteiger partial charge on any atom is -0.452 e. The Hall–Kier alpha value is -2.04. The monoisotopic (exact) mass is 358 g/mol. The van der Waals surface area contributed by atoms with E-state index in [4.69, 9.17) is 10.5 Å². The van der Waals surface area contributed by atoms with Crippen molar-refractivity contribution < 1.29 is 14.3 Å². The zero-order valence-electron chi connectivity index (χ0n) is 15.5. The Morgan fingerprint density at radius 1 is 0.885 bits per heavy atom. The molecule has 2 aliphatic carbocycles. The van der Waals surface area contributed by atoms with E-state index in [0.29, 0.717) is 23.3 Å². The summed E-state index contributed by atoms with van der Waals surface area (Å²) in [6.07, 6.45) is 11.6. The molecule has 5 heteroatoms. The fourth-order valence-corrected chi connectivity index (χ4v) is 4.33. The molecule has 0 heterocycles. The van der Waals surface area contributed by atoms with Gasteiger partial charge in [-0.05, 0) is 49.9 Å². The van der Waals surface area contributed by atoms with Crippen LogP contribution in [0, 0.1) is 0 Å². The molecule has 1 aromatic rings. The van der Waals surface area contributed by atoms with E-state index in [2.05, 4.69) is 4.90 Å². The van der Waals surface area contributed by atoms with E-state index in [1.54, 1.807) is 24.3 Å². The minimum atomic E-state index is -0.467. The number of nitrogens with two attached hydrogens (primary N) is 1. The lowest BCUT2D eigenvalue weighted by molar-refractivity contribution is -0.141. The van der Waals surface area contributed by atoms with Crippen molar-refractivity contribution in [1.82, 2.24) is 4.90 Å². The van der Waals surface area contributed by atoms with Gasteiger partial charge >= 0.3 is 5.97 Å². The van der Waals surface area contributed by atoms with Gasteiger partial charge in [0.05, 0.1) is 5.56 Å². The van der Waals surface area contributed by atoms with Crippen LogP contribution in [0.1, 0.15) is 74.6 Å². The predicted octanol–water partition coefficient (Wildman–Crippen LogP) is 3.92. The first-order valence-corrected chi connectivity index (χ1v) is 9.99. The molecule has 0 radical (unpaired) electrons. The van der Waals surface area contributed by atoms with Gasteiger partial charge in [0.2, 0.25) is 0 Å². The molecule has 0 aromatic heterocycles. The maximum Gasteiger partial charge on any atom is 0.338 e. The third-order valence-corrected chi connectivity index (χ3v) is 5.70. The van der Waals surface area contributed by atoms with Gasteiger partial charge in [-0.15, -0.1) is 0 Å². The Balaban J connectivity index is 1.62. The lowest BCUT2D eigenvalue weighted by Gasteiger charge is -2.41. The number of nitrogen functional groups attached to an aromatic ring is 1. The zero-order valence-corrected chi connectivity index (χ0v) is 15.5. The molecule has 0 bridgehead atoms. The van der Waals surface area contributed by atoms with Gasteiger partial charge < -0.3 is 15.4 Å². The van der Waals surface area contributed by atoms with Crippen LogP contribution in [0.2, 0.25) is 0 Å². The Morgan fingerprint density at radius 3 is 1.88 bits per heavy atom. The summed E-state index contributed by atoms with van der Waals surface area (Å²) >= 11 is 0. The molecule has 0 aliphatic heterocycles. The van der Waals surface area contributed by atoms with Crippen molar-refractivity contribution in [2.45, 2.75) is 76.3 Å². The molecule has 0 atom stereocenters. The molecule has 1 amide bonds. The fourth-order valence-electron chi connectivity index (χ4n) is 4.33. The first kappa shape index (κ1) is 18.7. The Bertz CT molecular complexity index is 584. The van der Waals surface area contributed by atoms with Crippen molar-refractivity contribution in [2.75, 3.05) is 12.3 Å². The normalized spacial score (nSPS) is 19.1. The van der Waals surface area contributed by atoms with Gasteiger partial charge in [0.1, 0.15) is 0 Å². The molecule has 0 unspecified atom stereocenters. The summed E-state index contributed by atoms with van der Waals surface area (Å²) in [6, 6.07) is 7.21.